The Morgan fingerprint density at radius 2 is 2.29 bits per heavy atom. The van der Waals surface area contributed by atoms with Gasteiger partial charge in [0.25, 0.3) is 0 Å². The molecule has 1 aliphatic rings. The smallest absolute Gasteiger partial charge is 0.224 e. The van der Waals surface area contributed by atoms with Crippen LogP contribution in [0.3, 0.4) is 0 Å². The zero-order valence-electron chi connectivity index (χ0n) is 10.7. The Bertz CT molecular complexity index is 377. The molecule has 5 nitrogen and oxygen atoms in total. The fourth-order valence-corrected chi connectivity index (χ4v) is 2.05. The first-order valence-corrected chi connectivity index (χ1v) is 6.06. The Kier molecular flexibility index (Phi) is 3.78. The number of aryl methyl sites for hydroxylation is 1. The first-order valence-electron chi connectivity index (χ1n) is 6.06. The third-order valence-corrected chi connectivity index (χ3v) is 3.13. The zero-order chi connectivity index (χ0) is 12.3. The van der Waals surface area contributed by atoms with E-state index in [0.717, 1.165) is 31.1 Å². The molecule has 0 aliphatic carbocycles. The van der Waals surface area contributed by atoms with Crippen LogP contribution in [0.2, 0.25) is 0 Å². The summed E-state index contributed by atoms with van der Waals surface area (Å²) in [4.78, 5) is 8.66. The van der Waals surface area contributed by atoms with E-state index in [4.69, 9.17) is 4.74 Å². The fraction of sp³-hybridized carbons (Fsp3) is 0.667. The number of rotatable bonds is 4. The molecule has 2 unspecified atom stereocenters. The molecule has 1 saturated heterocycles. The normalized spacial score (nSPS) is 21.2. The maximum atomic E-state index is 5.40. The molecular weight excluding hydrogens is 216 g/mol. The molecule has 1 aromatic rings. The second-order valence-corrected chi connectivity index (χ2v) is 4.52. The number of hydrogen-bond donors (Lipinski definition) is 2. The van der Waals surface area contributed by atoms with Crippen LogP contribution in [0, 0.1) is 12.8 Å². The Morgan fingerprint density at radius 1 is 1.47 bits per heavy atom. The molecule has 2 heterocycles. The lowest BCUT2D eigenvalue weighted by molar-refractivity contribution is 0.183. The standard InChI is InChI=1S/C12H20N4O/c1-8-6-11(16-12(13-3)14-8)15-9(2)10-4-5-17-7-10/h6,9-10H,4-5,7H2,1-3H3,(H2,13,14,15,16). The van der Waals surface area contributed by atoms with Gasteiger partial charge in [0.05, 0.1) is 6.61 Å². The molecule has 0 spiro atoms. The van der Waals surface area contributed by atoms with E-state index in [-0.39, 0.29) is 0 Å². The van der Waals surface area contributed by atoms with Gasteiger partial charge in [0.1, 0.15) is 5.82 Å². The summed E-state index contributed by atoms with van der Waals surface area (Å²) in [6.45, 7) is 5.87. The average molecular weight is 236 g/mol. The molecule has 5 heteroatoms. The number of nitrogens with zero attached hydrogens (tertiary/aromatic N) is 2. The first kappa shape index (κ1) is 12.1. The predicted octanol–water partition coefficient (Wildman–Crippen LogP) is 1.66. The van der Waals surface area contributed by atoms with E-state index >= 15 is 0 Å². The van der Waals surface area contributed by atoms with Gasteiger partial charge in [-0.2, -0.15) is 4.98 Å². The van der Waals surface area contributed by atoms with Crippen molar-refractivity contribution >= 4 is 11.8 Å². The van der Waals surface area contributed by atoms with Crippen LogP contribution in [0.15, 0.2) is 6.07 Å². The summed E-state index contributed by atoms with van der Waals surface area (Å²) < 4.78 is 5.40. The van der Waals surface area contributed by atoms with Gasteiger partial charge in [-0.05, 0) is 20.3 Å². The van der Waals surface area contributed by atoms with Gasteiger partial charge in [0.15, 0.2) is 0 Å². The van der Waals surface area contributed by atoms with Crippen molar-refractivity contribution in [3.8, 4) is 0 Å². The zero-order valence-corrected chi connectivity index (χ0v) is 10.7. The largest absolute Gasteiger partial charge is 0.381 e. The molecule has 2 N–H and O–H groups in total. The third kappa shape index (κ3) is 3.06. The lowest BCUT2D eigenvalue weighted by Gasteiger charge is -2.20. The quantitative estimate of drug-likeness (QED) is 0.832. The van der Waals surface area contributed by atoms with Gasteiger partial charge in [0, 0.05) is 37.4 Å². The van der Waals surface area contributed by atoms with Crippen LogP contribution < -0.4 is 10.6 Å². The fourth-order valence-electron chi connectivity index (χ4n) is 2.05. The van der Waals surface area contributed by atoms with Crippen LogP contribution in [0.25, 0.3) is 0 Å². The van der Waals surface area contributed by atoms with Crippen molar-refractivity contribution in [2.75, 3.05) is 30.9 Å². The number of hydrogen-bond acceptors (Lipinski definition) is 5. The van der Waals surface area contributed by atoms with Crippen molar-refractivity contribution in [3.63, 3.8) is 0 Å². The molecule has 1 aromatic heterocycles. The number of ether oxygens (including phenoxy) is 1. The topological polar surface area (TPSA) is 59.1 Å². The van der Waals surface area contributed by atoms with Gasteiger partial charge in [-0.3, -0.25) is 0 Å². The Balaban J connectivity index is 2.04. The maximum absolute atomic E-state index is 5.40. The highest BCUT2D eigenvalue weighted by molar-refractivity contribution is 5.42. The number of aromatic nitrogens is 2. The van der Waals surface area contributed by atoms with E-state index < -0.39 is 0 Å². The predicted molar refractivity (Wildman–Crippen MR) is 68.3 cm³/mol. The second-order valence-electron chi connectivity index (χ2n) is 4.52. The highest BCUT2D eigenvalue weighted by atomic mass is 16.5. The van der Waals surface area contributed by atoms with E-state index in [2.05, 4.69) is 27.5 Å². The SMILES string of the molecule is CNc1nc(C)cc(NC(C)C2CCOC2)n1. The van der Waals surface area contributed by atoms with Crippen LogP contribution in [0.5, 0.6) is 0 Å². The van der Waals surface area contributed by atoms with Crippen molar-refractivity contribution in [2.24, 2.45) is 5.92 Å². The molecule has 1 fully saturated rings. The van der Waals surface area contributed by atoms with Crippen molar-refractivity contribution < 1.29 is 4.74 Å². The van der Waals surface area contributed by atoms with Crippen LogP contribution in [-0.4, -0.2) is 36.3 Å². The molecule has 0 bridgehead atoms. The van der Waals surface area contributed by atoms with Crippen LogP contribution in [0.1, 0.15) is 19.0 Å². The van der Waals surface area contributed by atoms with Gasteiger partial charge in [0.2, 0.25) is 5.95 Å². The van der Waals surface area contributed by atoms with Crippen LogP contribution in [-0.2, 0) is 4.74 Å². The van der Waals surface area contributed by atoms with E-state index in [1.54, 1.807) is 0 Å². The van der Waals surface area contributed by atoms with Crippen molar-refractivity contribution in [1.82, 2.24) is 9.97 Å². The molecule has 94 valence electrons. The van der Waals surface area contributed by atoms with Crippen molar-refractivity contribution in [3.05, 3.63) is 11.8 Å². The van der Waals surface area contributed by atoms with Crippen LogP contribution >= 0.6 is 0 Å². The second kappa shape index (κ2) is 5.31. The minimum absolute atomic E-state index is 0.372. The van der Waals surface area contributed by atoms with E-state index in [0.29, 0.717) is 17.9 Å². The van der Waals surface area contributed by atoms with Gasteiger partial charge < -0.3 is 15.4 Å². The molecule has 0 saturated carbocycles. The number of anilines is 2. The minimum Gasteiger partial charge on any atom is -0.381 e. The van der Waals surface area contributed by atoms with Gasteiger partial charge >= 0.3 is 0 Å². The summed E-state index contributed by atoms with van der Waals surface area (Å²) in [6.07, 6.45) is 1.12. The van der Waals surface area contributed by atoms with Crippen molar-refractivity contribution in [1.29, 1.82) is 0 Å². The summed E-state index contributed by atoms with van der Waals surface area (Å²) in [6, 6.07) is 2.34. The summed E-state index contributed by atoms with van der Waals surface area (Å²) in [5.74, 6) is 2.10. The Labute approximate surface area is 102 Å². The molecule has 0 aromatic carbocycles. The third-order valence-electron chi connectivity index (χ3n) is 3.13. The molecule has 17 heavy (non-hydrogen) atoms. The monoisotopic (exact) mass is 236 g/mol. The maximum Gasteiger partial charge on any atom is 0.224 e. The molecule has 0 amide bonds. The summed E-state index contributed by atoms with van der Waals surface area (Å²) in [7, 11) is 1.83. The Morgan fingerprint density at radius 3 is 2.94 bits per heavy atom. The summed E-state index contributed by atoms with van der Waals surface area (Å²) in [5.41, 5.74) is 0.960. The molecule has 2 atom stereocenters. The van der Waals surface area contributed by atoms with Crippen molar-refractivity contribution in [2.45, 2.75) is 26.3 Å². The van der Waals surface area contributed by atoms with Gasteiger partial charge in [-0.1, -0.05) is 0 Å². The average Bonchev–Trinajstić information content (AvgIpc) is 2.81. The molecular formula is C12H20N4O. The number of nitrogens with one attached hydrogen (secondary N) is 2. The van der Waals surface area contributed by atoms with Gasteiger partial charge in [-0.25, -0.2) is 4.98 Å². The molecule has 2 rings (SSSR count). The summed E-state index contributed by atoms with van der Waals surface area (Å²) in [5, 5.41) is 6.39. The lowest BCUT2D eigenvalue weighted by Crippen LogP contribution is -2.26. The Hall–Kier alpha value is -1.36. The highest BCUT2D eigenvalue weighted by Crippen LogP contribution is 2.20. The molecule has 0 radical (unpaired) electrons. The summed E-state index contributed by atoms with van der Waals surface area (Å²) >= 11 is 0. The van der Waals surface area contributed by atoms with Gasteiger partial charge in [-0.15, -0.1) is 0 Å². The lowest BCUT2D eigenvalue weighted by atomic mass is 10.0. The molecule has 1 aliphatic heterocycles. The first-order chi connectivity index (χ1) is 8.19. The van der Waals surface area contributed by atoms with E-state index in [1.807, 2.05) is 20.0 Å². The van der Waals surface area contributed by atoms with E-state index in [1.165, 1.54) is 0 Å². The minimum atomic E-state index is 0.372. The van der Waals surface area contributed by atoms with Crippen LogP contribution in [0.4, 0.5) is 11.8 Å². The van der Waals surface area contributed by atoms with E-state index in [9.17, 15) is 0 Å². The highest BCUT2D eigenvalue weighted by Gasteiger charge is 2.22.